The molecule has 2 N–H and O–H groups in total. The summed E-state index contributed by atoms with van der Waals surface area (Å²) in [5, 5.41) is 13.9. The molecule has 0 saturated carbocycles. The van der Waals surface area contributed by atoms with Crippen LogP contribution in [0.3, 0.4) is 0 Å². The van der Waals surface area contributed by atoms with E-state index in [1.165, 1.54) is 13.3 Å². The van der Waals surface area contributed by atoms with Crippen LogP contribution in [0.1, 0.15) is 13.8 Å². The molecule has 0 amide bonds. The Balaban J connectivity index is 3.83. The summed E-state index contributed by atoms with van der Waals surface area (Å²) in [6.45, 7) is 3.64. The van der Waals surface area contributed by atoms with E-state index in [0.29, 0.717) is 0 Å². The molecule has 5 nitrogen and oxygen atoms in total. The lowest BCUT2D eigenvalue weighted by atomic mass is 10.1. The van der Waals surface area contributed by atoms with E-state index in [2.05, 4.69) is 15.2 Å². The first-order valence-electron chi connectivity index (χ1n) is 3.52. The van der Waals surface area contributed by atoms with Gasteiger partial charge in [0.05, 0.1) is 25.4 Å². The van der Waals surface area contributed by atoms with Gasteiger partial charge in [0.25, 0.3) is 0 Å². The Morgan fingerprint density at radius 3 is 2.75 bits per heavy atom. The molecule has 0 rings (SSSR count). The number of oxime groups is 1. The van der Waals surface area contributed by atoms with Crippen LogP contribution in [0.2, 0.25) is 0 Å². The molecule has 0 radical (unpaired) electrons. The fraction of sp³-hybridized carbons (Fsp3) is 0.714. The molecule has 0 aromatic carbocycles. The summed E-state index contributed by atoms with van der Waals surface area (Å²) in [6.07, 6.45) is 1.30. The molecule has 0 fully saturated rings. The van der Waals surface area contributed by atoms with E-state index in [1.54, 1.807) is 13.8 Å². The van der Waals surface area contributed by atoms with Crippen molar-refractivity contribution in [1.82, 2.24) is 5.32 Å². The van der Waals surface area contributed by atoms with Crippen molar-refractivity contribution in [2.75, 3.05) is 13.7 Å². The van der Waals surface area contributed by atoms with Gasteiger partial charge in [-0.2, -0.15) is 0 Å². The highest BCUT2D eigenvalue weighted by Gasteiger charge is 2.15. The van der Waals surface area contributed by atoms with Gasteiger partial charge in [-0.25, -0.2) is 0 Å². The minimum atomic E-state index is -0.511. The molecule has 0 unspecified atom stereocenters. The third-order valence-corrected chi connectivity index (χ3v) is 1.30. The van der Waals surface area contributed by atoms with Crippen molar-refractivity contribution >= 4 is 12.2 Å². The lowest BCUT2D eigenvalue weighted by Gasteiger charge is -2.19. The number of nitrogens with zero attached hydrogens (tertiary/aromatic N) is 1. The van der Waals surface area contributed by atoms with Gasteiger partial charge >= 0.3 is 5.97 Å². The summed E-state index contributed by atoms with van der Waals surface area (Å²) in [5.74, 6) is -0.352. The van der Waals surface area contributed by atoms with Crippen molar-refractivity contribution in [3.8, 4) is 0 Å². The van der Waals surface area contributed by atoms with Crippen molar-refractivity contribution < 1.29 is 14.7 Å². The van der Waals surface area contributed by atoms with Crippen LogP contribution in [-0.2, 0) is 9.53 Å². The van der Waals surface area contributed by atoms with Crippen molar-refractivity contribution in [3.63, 3.8) is 0 Å². The predicted octanol–water partition coefficient (Wildman–Crippen LogP) is -0.0124. The largest absolute Gasteiger partial charge is 0.468 e. The second-order valence-corrected chi connectivity index (χ2v) is 2.90. The van der Waals surface area contributed by atoms with Gasteiger partial charge in [0.2, 0.25) is 0 Å². The number of carbonyl (C=O) groups excluding carboxylic acids is 1. The van der Waals surface area contributed by atoms with Crippen LogP contribution in [-0.4, -0.2) is 36.6 Å². The van der Waals surface area contributed by atoms with E-state index < -0.39 is 5.54 Å². The Morgan fingerprint density at radius 2 is 2.33 bits per heavy atom. The molecule has 0 atom stereocenters. The van der Waals surface area contributed by atoms with E-state index in [-0.39, 0.29) is 12.5 Å². The van der Waals surface area contributed by atoms with E-state index in [9.17, 15) is 4.79 Å². The van der Waals surface area contributed by atoms with Crippen molar-refractivity contribution in [3.05, 3.63) is 0 Å². The van der Waals surface area contributed by atoms with E-state index in [0.717, 1.165) is 0 Å². The Hall–Kier alpha value is -1.10. The molecule has 0 spiro atoms. The van der Waals surface area contributed by atoms with Crippen LogP contribution in [0.5, 0.6) is 0 Å². The fourth-order valence-corrected chi connectivity index (χ4v) is 0.562. The summed E-state index contributed by atoms with van der Waals surface area (Å²) in [4.78, 5) is 10.7. The molecule has 12 heavy (non-hydrogen) atoms. The Labute approximate surface area is 71.4 Å². The van der Waals surface area contributed by atoms with E-state index in [4.69, 9.17) is 5.21 Å². The molecule has 0 aromatic rings. The van der Waals surface area contributed by atoms with Gasteiger partial charge in [-0.05, 0) is 13.8 Å². The molecule has 0 aliphatic rings. The average Bonchev–Trinajstić information content (AvgIpc) is 2.00. The Kier molecular flexibility index (Phi) is 4.28. The fourth-order valence-electron chi connectivity index (χ4n) is 0.562. The molecule has 5 heteroatoms. The van der Waals surface area contributed by atoms with Gasteiger partial charge in [-0.1, -0.05) is 0 Å². The highest BCUT2D eigenvalue weighted by Crippen LogP contribution is 1.96. The molecule has 70 valence electrons. The van der Waals surface area contributed by atoms with E-state index >= 15 is 0 Å². The first-order chi connectivity index (χ1) is 5.52. The van der Waals surface area contributed by atoms with Crippen LogP contribution in [0.15, 0.2) is 5.16 Å². The predicted molar refractivity (Wildman–Crippen MR) is 44.4 cm³/mol. The monoisotopic (exact) mass is 174 g/mol. The molecule has 0 saturated heterocycles. The second-order valence-electron chi connectivity index (χ2n) is 2.90. The van der Waals surface area contributed by atoms with Crippen LogP contribution in [0, 0.1) is 0 Å². The number of methoxy groups -OCH3 is 1. The number of hydrogen-bond acceptors (Lipinski definition) is 5. The molecular formula is C7H14N2O3. The number of ether oxygens (including phenoxy) is 1. The van der Waals surface area contributed by atoms with Gasteiger partial charge in [0, 0.05) is 0 Å². The molecular weight excluding hydrogens is 160 g/mol. The Morgan fingerprint density at radius 1 is 1.75 bits per heavy atom. The first kappa shape index (κ1) is 10.9. The number of carbonyl (C=O) groups is 1. The van der Waals surface area contributed by atoms with Crippen molar-refractivity contribution in [2.24, 2.45) is 5.16 Å². The van der Waals surface area contributed by atoms with Gasteiger partial charge in [-0.15, -0.1) is 5.16 Å². The zero-order chi connectivity index (χ0) is 9.61. The minimum absolute atomic E-state index is 0.0928. The summed E-state index contributed by atoms with van der Waals surface area (Å²) in [6, 6.07) is 0. The Bertz CT molecular complexity index is 177. The molecule has 0 aromatic heterocycles. The normalized spacial score (nSPS) is 11.9. The maximum absolute atomic E-state index is 10.7. The highest BCUT2D eigenvalue weighted by molar-refractivity contribution is 5.74. The number of esters is 1. The summed E-state index contributed by atoms with van der Waals surface area (Å²) >= 11 is 0. The van der Waals surface area contributed by atoms with E-state index in [1.807, 2.05) is 0 Å². The van der Waals surface area contributed by atoms with Crippen molar-refractivity contribution in [1.29, 1.82) is 0 Å². The SMILES string of the molecule is COC(=O)CNC(C)(C)/C=N\O. The average molecular weight is 174 g/mol. The third-order valence-electron chi connectivity index (χ3n) is 1.30. The maximum Gasteiger partial charge on any atom is 0.319 e. The standard InChI is InChI=1S/C7H14N2O3/c1-7(2,5-9-11)8-4-6(10)12-3/h5,8,11H,4H2,1-3H3/b9-5-. The lowest BCUT2D eigenvalue weighted by Crippen LogP contribution is -2.43. The zero-order valence-electron chi connectivity index (χ0n) is 7.50. The number of nitrogens with one attached hydrogen (secondary N) is 1. The molecule has 0 bridgehead atoms. The van der Waals surface area contributed by atoms with Crippen LogP contribution < -0.4 is 5.32 Å². The lowest BCUT2D eigenvalue weighted by molar-refractivity contribution is -0.139. The molecule has 0 aliphatic heterocycles. The maximum atomic E-state index is 10.7. The van der Waals surface area contributed by atoms with Crippen LogP contribution in [0.4, 0.5) is 0 Å². The van der Waals surface area contributed by atoms with Gasteiger partial charge in [0.15, 0.2) is 0 Å². The molecule has 0 heterocycles. The summed E-state index contributed by atoms with van der Waals surface area (Å²) in [5.41, 5.74) is -0.511. The summed E-state index contributed by atoms with van der Waals surface area (Å²) < 4.78 is 4.42. The van der Waals surface area contributed by atoms with Gasteiger partial charge < -0.3 is 9.94 Å². The number of rotatable bonds is 4. The number of hydrogen-bond donors (Lipinski definition) is 2. The quantitative estimate of drug-likeness (QED) is 0.272. The minimum Gasteiger partial charge on any atom is -0.468 e. The topological polar surface area (TPSA) is 70.9 Å². The molecule has 0 aliphatic carbocycles. The second kappa shape index (κ2) is 4.71. The summed E-state index contributed by atoms with van der Waals surface area (Å²) in [7, 11) is 1.32. The van der Waals surface area contributed by atoms with Crippen LogP contribution >= 0.6 is 0 Å². The van der Waals surface area contributed by atoms with Crippen LogP contribution in [0.25, 0.3) is 0 Å². The van der Waals surface area contributed by atoms with Gasteiger partial charge in [0.1, 0.15) is 0 Å². The van der Waals surface area contributed by atoms with Crippen molar-refractivity contribution in [2.45, 2.75) is 19.4 Å². The zero-order valence-corrected chi connectivity index (χ0v) is 7.50. The van der Waals surface area contributed by atoms with Gasteiger partial charge in [-0.3, -0.25) is 10.1 Å². The first-order valence-corrected chi connectivity index (χ1v) is 3.52. The highest BCUT2D eigenvalue weighted by atomic mass is 16.5. The third kappa shape index (κ3) is 4.68. The smallest absolute Gasteiger partial charge is 0.319 e.